The maximum absolute atomic E-state index is 9.31. The summed E-state index contributed by atoms with van der Waals surface area (Å²) in [4.78, 5) is 13.9. The Morgan fingerprint density at radius 2 is 0.857 bits per heavy atom. The zero-order chi connectivity index (χ0) is 47.1. The Labute approximate surface area is 306 Å². The van der Waals surface area contributed by atoms with Crippen LogP contribution in [0.2, 0.25) is 0 Å². The first-order valence-electron chi connectivity index (χ1n) is 23.6. The van der Waals surface area contributed by atoms with Gasteiger partial charge in [0.15, 0.2) is 17.5 Å². The maximum Gasteiger partial charge on any atom is 0.166 e. The van der Waals surface area contributed by atoms with E-state index in [0.29, 0.717) is 10.8 Å². The number of para-hydroxylation sites is 2. The average molecular weight is 642 g/mol. The molecule has 0 atom stereocenters. The van der Waals surface area contributed by atoms with Crippen LogP contribution in [-0.4, -0.2) is 19.5 Å². The van der Waals surface area contributed by atoms with Crippen molar-refractivity contribution in [3.8, 4) is 39.9 Å². The van der Waals surface area contributed by atoms with Gasteiger partial charge in [0.05, 0.1) is 40.0 Å². The molecule has 4 nitrogen and oxygen atoms in total. The van der Waals surface area contributed by atoms with Crippen LogP contribution in [0.25, 0.3) is 94.0 Å². The van der Waals surface area contributed by atoms with Gasteiger partial charge in [-0.25, -0.2) is 15.0 Å². The fraction of sp³-hybridized carbons (Fsp3) is 0. The first-order valence-corrected chi connectivity index (χ1v) is 15.1. The number of nitrogens with zero attached hydrogens (tertiary/aromatic N) is 4. The molecule has 0 bridgehead atoms. The second-order valence-corrected chi connectivity index (χ2v) is 11.2. The molecule has 8 aromatic carbocycles. The average Bonchev–Trinajstić information content (AvgIpc) is 3.68. The van der Waals surface area contributed by atoms with Crippen LogP contribution in [0.15, 0.2) is 169 Å². The van der Waals surface area contributed by atoms with Crippen molar-refractivity contribution in [2.75, 3.05) is 0 Å². The minimum Gasteiger partial charge on any atom is -0.308 e. The number of fused-ring (bicyclic) bond motifs is 9. The zero-order valence-electron chi connectivity index (χ0n) is 42.1. The quantitative estimate of drug-likeness (QED) is 0.180. The Hall–Kier alpha value is -6.65. The minimum absolute atomic E-state index is 0.0275. The monoisotopic (exact) mass is 641 g/mol. The van der Waals surface area contributed by atoms with Crippen LogP contribution >= 0.6 is 0 Å². The highest BCUT2D eigenvalue weighted by molar-refractivity contribution is 6.26. The zero-order valence-corrected chi connectivity index (χ0v) is 25.1. The minimum atomic E-state index is -0.732. The molecule has 0 N–H and O–H groups in total. The molecule has 0 saturated carbocycles. The number of rotatable bonds is 4. The Morgan fingerprint density at radius 1 is 0.388 bits per heavy atom. The van der Waals surface area contributed by atoms with Crippen LogP contribution in [0, 0.1) is 0 Å². The number of benzene rings is 8. The van der Waals surface area contributed by atoms with Crippen LogP contribution < -0.4 is 0 Å². The predicted octanol–water partition coefficient (Wildman–Crippen LogP) is 11.4. The normalized spacial score (nSPS) is 16.5. The molecule has 0 fully saturated rings. The Bertz CT molecular complexity index is 3720. The second kappa shape index (κ2) is 11.0. The third kappa shape index (κ3) is 4.35. The van der Waals surface area contributed by atoms with E-state index in [1.165, 1.54) is 4.57 Å². The molecule has 0 saturated heterocycles. The summed E-state index contributed by atoms with van der Waals surface area (Å²) >= 11 is 0. The molecule has 0 aliphatic heterocycles. The summed E-state index contributed by atoms with van der Waals surface area (Å²) in [6, 6.07) is 8.96. The molecule has 0 spiro atoms. The largest absolute Gasteiger partial charge is 0.308 e. The van der Waals surface area contributed by atoms with E-state index >= 15 is 0 Å². The molecule has 4 heteroatoms. The van der Waals surface area contributed by atoms with E-state index in [1.54, 1.807) is 12.1 Å². The molecule has 0 unspecified atom stereocenters. The fourth-order valence-corrected chi connectivity index (χ4v) is 6.46. The van der Waals surface area contributed by atoms with Crippen LogP contribution in [0.3, 0.4) is 0 Å². The van der Waals surface area contributed by atoms with E-state index in [-0.39, 0.29) is 51.0 Å². The van der Waals surface area contributed by atoms with Crippen LogP contribution in [-0.2, 0) is 0 Å². The molecule has 0 aliphatic rings. The van der Waals surface area contributed by atoms with Gasteiger partial charge in [-0.15, -0.1) is 0 Å². The Morgan fingerprint density at radius 3 is 1.47 bits per heavy atom. The number of aromatic nitrogens is 4. The van der Waals surface area contributed by atoms with Crippen molar-refractivity contribution in [2.45, 2.75) is 0 Å². The van der Waals surface area contributed by atoms with E-state index < -0.39 is 113 Å². The molecular formula is C45H28N4. The summed E-state index contributed by atoms with van der Waals surface area (Å²) in [5, 5.41) is 4.13. The van der Waals surface area contributed by atoms with Crippen LogP contribution in [0.1, 0.15) is 23.3 Å². The molecule has 10 aromatic rings. The highest BCUT2D eigenvalue weighted by Gasteiger charge is 2.21. The summed E-state index contributed by atoms with van der Waals surface area (Å²) in [7, 11) is 0. The van der Waals surface area contributed by atoms with Crippen molar-refractivity contribution in [2.24, 2.45) is 0 Å². The van der Waals surface area contributed by atoms with Gasteiger partial charge < -0.3 is 4.57 Å². The smallest absolute Gasteiger partial charge is 0.166 e. The van der Waals surface area contributed by atoms with Crippen molar-refractivity contribution >= 4 is 54.1 Å². The standard InChI is InChI=1S/C45H28N4/c1-3-15-29(16-4-1)43-46-44(30-17-5-2-6-18-30)48-45(47-43)39-27-37-33-21-9-7-19-31(33)32-20-8-10-22-34(32)38(37)28-42(39)49-40-25-13-11-23-35(40)36-24-12-14-26-41(36)49/h1-28H/i1D,2D,3D,4D,5D,6D,11D,12D,13D,15D,16D,17D,18D,23D,24D,25D,26D. The number of hydrogen-bond donors (Lipinski definition) is 0. The van der Waals surface area contributed by atoms with E-state index in [2.05, 4.69) is 4.98 Å². The molecule has 10 rings (SSSR count). The van der Waals surface area contributed by atoms with Crippen molar-refractivity contribution in [3.05, 3.63) is 169 Å². The van der Waals surface area contributed by atoms with E-state index in [0.717, 1.165) is 27.6 Å². The van der Waals surface area contributed by atoms with Gasteiger partial charge in [0.25, 0.3) is 0 Å². The van der Waals surface area contributed by atoms with Gasteiger partial charge >= 0.3 is 0 Å². The SMILES string of the molecule is [2H]c1cc([2H])c2c(c1[2H])c1c([2H])c([2H])c([2H])c([2H])c1n2-c1cc2c3ccccc3c3ccccc3c2cc1-c1nc(-c2c([2H])c([2H])c([2H])c([2H])c2[2H])nc(-c2c([2H])c([2H])c([2H])c([2H])c2[2H])n1. The van der Waals surface area contributed by atoms with Gasteiger partial charge in [-0.3, -0.25) is 0 Å². The lowest BCUT2D eigenvalue weighted by molar-refractivity contribution is 1.07. The maximum atomic E-state index is 9.31. The van der Waals surface area contributed by atoms with Gasteiger partial charge in [-0.05, 0) is 56.5 Å². The first kappa shape index (κ1) is 15.5. The first-order chi connectivity index (χ1) is 31.3. The molecule has 228 valence electrons. The lowest BCUT2D eigenvalue weighted by atomic mass is 9.92. The molecule has 0 radical (unpaired) electrons. The van der Waals surface area contributed by atoms with E-state index in [9.17, 15) is 2.74 Å². The summed E-state index contributed by atoms with van der Waals surface area (Å²) in [6.07, 6.45) is 0. The van der Waals surface area contributed by atoms with Gasteiger partial charge in [0, 0.05) is 27.5 Å². The molecule has 2 aromatic heterocycles. The second-order valence-electron chi connectivity index (χ2n) is 11.2. The Balaban J connectivity index is 1.48. The molecular weight excluding hydrogens is 597 g/mol. The lowest BCUT2D eigenvalue weighted by Gasteiger charge is -2.18. The lowest BCUT2D eigenvalue weighted by Crippen LogP contribution is -2.04. The van der Waals surface area contributed by atoms with Crippen molar-refractivity contribution in [1.82, 2.24) is 19.5 Å². The topological polar surface area (TPSA) is 43.6 Å². The fourth-order valence-electron chi connectivity index (χ4n) is 6.46. The van der Waals surface area contributed by atoms with Crippen LogP contribution in [0.5, 0.6) is 0 Å². The Kier molecular flexibility index (Phi) is 3.47. The molecule has 0 aliphatic carbocycles. The van der Waals surface area contributed by atoms with Crippen molar-refractivity contribution in [3.63, 3.8) is 0 Å². The molecule has 2 heterocycles. The van der Waals surface area contributed by atoms with Crippen molar-refractivity contribution < 1.29 is 23.3 Å². The molecule has 49 heavy (non-hydrogen) atoms. The van der Waals surface area contributed by atoms with E-state index in [1.807, 2.05) is 48.5 Å². The van der Waals surface area contributed by atoms with Gasteiger partial charge in [0.2, 0.25) is 0 Å². The highest BCUT2D eigenvalue weighted by Crippen LogP contribution is 2.42. The summed E-state index contributed by atoms with van der Waals surface area (Å²) in [5.74, 6) is -1.41. The van der Waals surface area contributed by atoms with Gasteiger partial charge in [-0.1, -0.05) is 145 Å². The molecule has 0 amide bonds. The van der Waals surface area contributed by atoms with Crippen LogP contribution in [0.4, 0.5) is 0 Å². The predicted molar refractivity (Wildman–Crippen MR) is 203 cm³/mol. The summed E-state index contributed by atoms with van der Waals surface area (Å²) in [5.41, 5.74) is -1.16. The number of hydrogen-bond acceptors (Lipinski definition) is 3. The van der Waals surface area contributed by atoms with E-state index in [4.69, 9.17) is 30.5 Å². The third-order valence-electron chi connectivity index (χ3n) is 8.50. The van der Waals surface area contributed by atoms with Gasteiger partial charge in [0.1, 0.15) is 0 Å². The highest BCUT2D eigenvalue weighted by atomic mass is 15.1. The third-order valence-corrected chi connectivity index (χ3v) is 8.50. The van der Waals surface area contributed by atoms with Crippen molar-refractivity contribution in [1.29, 1.82) is 0 Å². The summed E-state index contributed by atoms with van der Waals surface area (Å²) in [6.45, 7) is 0. The van der Waals surface area contributed by atoms with Gasteiger partial charge in [-0.2, -0.15) is 0 Å². The summed E-state index contributed by atoms with van der Waals surface area (Å²) < 4.78 is 150.